The zero-order valence-electron chi connectivity index (χ0n) is 14.5. The van der Waals surface area contributed by atoms with E-state index in [1.165, 1.54) is 11.1 Å². The minimum Gasteiger partial charge on any atom is -0.487 e. The van der Waals surface area contributed by atoms with Crippen LogP contribution in [0.5, 0.6) is 5.75 Å². The topological polar surface area (TPSA) is 39.9 Å². The van der Waals surface area contributed by atoms with Gasteiger partial charge in [-0.1, -0.05) is 48.5 Å². The van der Waals surface area contributed by atoms with Gasteiger partial charge in [-0.2, -0.15) is 5.10 Å². The molecule has 0 unspecified atom stereocenters. The minimum absolute atomic E-state index is 0.461. The lowest BCUT2D eigenvalue weighted by molar-refractivity contribution is 0.299. The molecule has 130 valence electrons. The van der Waals surface area contributed by atoms with Gasteiger partial charge in [-0.15, -0.1) is 11.3 Å². The Hall–Kier alpha value is -2.92. The van der Waals surface area contributed by atoms with Crippen LogP contribution in [0.4, 0.5) is 0 Å². The van der Waals surface area contributed by atoms with E-state index < -0.39 is 0 Å². The second kappa shape index (κ2) is 7.54. The van der Waals surface area contributed by atoms with Crippen LogP contribution in [-0.2, 0) is 20.1 Å². The first-order valence-corrected chi connectivity index (χ1v) is 9.34. The number of para-hydroxylation sites is 1. The SMILES string of the molecule is Cn1cc(-c2nc(COc3ccccc3Cc3ccccc3)cs2)cn1. The highest BCUT2D eigenvalue weighted by Crippen LogP contribution is 2.25. The van der Waals surface area contributed by atoms with E-state index in [0.29, 0.717) is 6.61 Å². The van der Waals surface area contributed by atoms with Crippen LogP contribution in [0, 0.1) is 0 Å². The Morgan fingerprint density at radius 1 is 1.04 bits per heavy atom. The van der Waals surface area contributed by atoms with E-state index in [0.717, 1.165) is 28.4 Å². The fourth-order valence-electron chi connectivity index (χ4n) is 2.80. The fraction of sp³-hybridized carbons (Fsp3) is 0.143. The third-order valence-corrected chi connectivity index (χ3v) is 5.03. The molecule has 0 spiro atoms. The fourth-order valence-corrected chi connectivity index (χ4v) is 3.58. The average Bonchev–Trinajstić information content (AvgIpc) is 3.31. The first-order chi connectivity index (χ1) is 12.8. The number of aromatic nitrogens is 3. The summed E-state index contributed by atoms with van der Waals surface area (Å²) in [7, 11) is 1.91. The summed E-state index contributed by atoms with van der Waals surface area (Å²) in [5.41, 5.74) is 4.43. The number of hydrogen-bond acceptors (Lipinski definition) is 4. The van der Waals surface area contributed by atoms with Gasteiger partial charge in [-0.25, -0.2) is 4.98 Å². The largest absolute Gasteiger partial charge is 0.487 e. The van der Waals surface area contributed by atoms with E-state index in [-0.39, 0.29) is 0 Å². The van der Waals surface area contributed by atoms with Crippen molar-refractivity contribution in [1.29, 1.82) is 0 Å². The van der Waals surface area contributed by atoms with Gasteiger partial charge in [0.25, 0.3) is 0 Å². The van der Waals surface area contributed by atoms with Gasteiger partial charge in [0, 0.05) is 30.6 Å². The van der Waals surface area contributed by atoms with E-state index in [1.807, 2.05) is 43.0 Å². The molecule has 4 nitrogen and oxygen atoms in total. The minimum atomic E-state index is 0.461. The van der Waals surface area contributed by atoms with Crippen LogP contribution in [0.15, 0.2) is 72.4 Å². The van der Waals surface area contributed by atoms with Gasteiger partial charge >= 0.3 is 0 Å². The number of aryl methyl sites for hydroxylation is 1. The lowest BCUT2D eigenvalue weighted by Gasteiger charge is -2.10. The lowest BCUT2D eigenvalue weighted by atomic mass is 10.0. The molecule has 0 aliphatic heterocycles. The van der Waals surface area contributed by atoms with Crippen LogP contribution < -0.4 is 4.74 Å². The van der Waals surface area contributed by atoms with Gasteiger partial charge in [0.15, 0.2) is 0 Å². The van der Waals surface area contributed by atoms with Crippen LogP contribution in [0.1, 0.15) is 16.8 Å². The van der Waals surface area contributed by atoms with Gasteiger partial charge in [0.2, 0.25) is 0 Å². The van der Waals surface area contributed by atoms with Crippen LogP contribution >= 0.6 is 11.3 Å². The van der Waals surface area contributed by atoms with E-state index in [9.17, 15) is 0 Å². The van der Waals surface area contributed by atoms with Crippen molar-refractivity contribution >= 4 is 11.3 Å². The molecule has 4 aromatic rings. The summed E-state index contributed by atoms with van der Waals surface area (Å²) in [6.07, 6.45) is 4.66. The highest BCUT2D eigenvalue weighted by atomic mass is 32.1. The number of rotatable bonds is 6. The van der Waals surface area contributed by atoms with Crippen molar-refractivity contribution in [3.63, 3.8) is 0 Å². The standard InChI is InChI=1S/C21H19N3OS/c1-24-13-18(12-22-24)21-23-19(15-26-21)14-25-20-10-6-5-9-17(20)11-16-7-3-2-4-8-16/h2-10,12-13,15H,11,14H2,1H3. The van der Waals surface area contributed by atoms with Crippen molar-refractivity contribution in [3.8, 4) is 16.3 Å². The first-order valence-electron chi connectivity index (χ1n) is 8.46. The lowest BCUT2D eigenvalue weighted by Crippen LogP contribution is -1.99. The number of ether oxygens (including phenoxy) is 1. The predicted octanol–water partition coefficient (Wildman–Crippen LogP) is 4.71. The predicted molar refractivity (Wildman–Crippen MR) is 104 cm³/mol. The van der Waals surface area contributed by atoms with Gasteiger partial charge in [0.05, 0.1) is 11.9 Å². The maximum Gasteiger partial charge on any atom is 0.131 e. The monoisotopic (exact) mass is 361 g/mol. The molecule has 0 saturated heterocycles. The van der Waals surface area contributed by atoms with Crippen LogP contribution in [0.3, 0.4) is 0 Å². The second-order valence-electron chi connectivity index (χ2n) is 6.11. The molecular weight excluding hydrogens is 342 g/mol. The molecule has 4 rings (SSSR count). The summed E-state index contributed by atoms with van der Waals surface area (Å²) in [6.45, 7) is 0.461. The number of thiazole rings is 1. The Kier molecular flexibility index (Phi) is 4.80. The molecule has 0 aliphatic carbocycles. The van der Waals surface area contributed by atoms with Crippen molar-refractivity contribution in [1.82, 2.24) is 14.8 Å². The van der Waals surface area contributed by atoms with Crippen LogP contribution in [-0.4, -0.2) is 14.8 Å². The Morgan fingerprint density at radius 2 is 1.85 bits per heavy atom. The third kappa shape index (κ3) is 3.83. The van der Waals surface area contributed by atoms with Gasteiger partial charge < -0.3 is 4.74 Å². The molecule has 0 amide bonds. The van der Waals surface area contributed by atoms with Crippen molar-refractivity contribution in [2.24, 2.45) is 7.05 Å². The molecule has 0 atom stereocenters. The highest BCUT2D eigenvalue weighted by molar-refractivity contribution is 7.13. The quantitative estimate of drug-likeness (QED) is 0.499. The first kappa shape index (κ1) is 16.5. The van der Waals surface area contributed by atoms with E-state index >= 15 is 0 Å². The molecule has 0 aliphatic rings. The van der Waals surface area contributed by atoms with Gasteiger partial charge in [-0.3, -0.25) is 4.68 Å². The Morgan fingerprint density at radius 3 is 2.65 bits per heavy atom. The highest BCUT2D eigenvalue weighted by Gasteiger charge is 2.09. The Bertz CT molecular complexity index is 991. The van der Waals surface area contributed by atoms with Gasteiger partial charge in [-0.05, 0) is 17.2 Å². The molecule has 0 bridgehead atoms. The third-order valence-electron chi connectivity index (χ3n) is 4.09. The summed E-state index contributed by atoms with van der Waals surface area (Å²) >= 11 is 1.61. The summed E-state index contributed by atoms with van der Waals surface area (Å²) < 4.78 is 7.86. The summed E-state index contributed by atoms with van der Waals surface area (Å²) in [6, 6.07) is 18.6. The Labute approximate surface area is 156 Å². The second-order valence-corrected chi connectivity index (χ2v) is 6.96. The molecule has 2 aromatic carbocycles. The summed E-state index contributed by atoms with van der Waals surface area (Å²) in [5.74, 6) is 0.910. The van der Waals surface area contributed by atoms with Crippen molar-refractivity contribution in [3.05, 3.63) is 89.2 Å². The van der Waals surface area contributed by atoms with Crippen LogP contribution in [0.25, 0.3) is 10.6 Å². The molecule has 0 saturated carbocycles. The maximum absolute atomic E-state index is 6.07. The summed E-state index contributed by atoms with van der Waals surface area (Å²) in [5, 5.41) is 7.21. The van der Waals surface area contributed by atoms with E-state index in [2.05, 4.69) is 46.5 Å². The van der Waals surface area contributed by atoms with Gasteiger partial charge in [0.1, 0.15) is 17.4 Å². The summed E-state index contributed by atoms with van der Waals surface area (Å²) in [4.78, 5) is 4.66. The Balaban J connectivity index is 1.46. The van der Waals surface area contributed by atoms with Crippen molar-refractivity contribution in [2.75, 3.05) is 0 Å². The molecule has 5 heteroatoms. The molecule has 0 radical (unpaired) electrons. The molecule has 26 heavy (non-hydrogen) atoms. The average molecular weight is 361 g/mol. The number of hydrogen-bond donors (Lipinski definition) is 0. The van der Waals surface area contributed by atoms with Crippen LogP contribution in [0.2, 0.25) is 0 Å². The zero-order valence-corrected chi connectivity index (χ0v) is 15.3. The van der Waals surface area contributed by atoms with Crippen molar-refractivity contribution in [2.45, 2.75) is 13.0 Å². The molecule has 2 heterocycles. The van der Waals surface area contributed by atoms with E-state index in [1.54, 1.807) is 16.0 Å². The molecule has 0 fully saturated rings. The zero-order chi connectivity index (χ0) is 17.8. The number of benzene rings is 2. The normalized spacial score (nSPS) is 10.8. The van der Waals surface area contributed by atoms with Crippen molar-refractivity contribution < 1.29 is 4.74 Å². The molecule has 2 aromatic heterocycles. The molecular formula is C21H19N3OS. The maximum atomic E-state index is 6.07. The number of nitrogens with zero attached hydrogens (tertiary/aromatic N) is 3. The molecule has 0 N–H and O–H groups in total. The smallest absolute Gasteiger partial charge is 0.131 e. The van der Waals surface area contributed by atoms with E-state index in [4.69, 9.17) is 4.74 Å².